The molecule has 2 heterocycles. The van der Waals surface area contributed by atoms with Crippen LogP contribution in [0.25, 0.3) is 22.3 Å². The lowest BCUT2D eigenvalue weighted by molar-refractivity contribution is 1.11. The van der Waals surface area contributed by atoms with Crippen LogP contribution in [0.2, 0.25) is 0 Å². The second-order valence-electron chi connectivity index (χ2n) is 4.55. The molecule has 0 aliphatic rings. The van der Waals surface area contributed by atoms with Crippen LogP contribution in [0.4, 0.5) is 0 Å². The number of hydrogen-bond donors (Lipinski definition) is 0. The Balaban J connectivity index is 2.34. The molecular formula is C17H13N3. The van der Waals surface area contributed by atoms with Crippen LogP contribution in [0, 0.1) is 11.3 Å². The highest BCUT2D eigenvalue weighted by Gasteiger charge is 2.11. The van der Waals surface area contributed by atoms with E-state index >= 15 is 0 Å². The van der Waals surface area contributed by atoms with Crippen LogP contribution in [-0.4, -0.2) is 9.97 Å². The Morgan fingerprint density at radius 2 is 2.05 bits per heavy atom. The van der Waals surface area contributed by atoms with E-state index in [1.165, 1.54) is 0 Å². The molecule has 0 amide bonds. The number of pyridine rings is 2. The maximum absolute atomic E-state index is 9.22. The van der Waals surface area contributed by atoms with Gasteiger partial charge in [0.15, 0.2) is 0 Å². The van der Waals surface area contributed by atoms with Crippen molar-refractivity contribution in [3.8, 4) is 17.5 Å². The number of nitriles is 1. The number of aromatic nitrogens is 2. The van der Waals surface area contributed by atoms with Crippen LogP contribution >= 0.6 is 0 Å². The molecule has 0 radical (unpaired) electrons. The van der Waals surface area contributed by atoms with E-state index in [0.717, 1.165) is 34.3 Å². The van der Waals surface area contributed by atoms with Crippen molar-refractivity contribution in [2.45, 2.75) is 13.3 Å². The van der Waals surface area contributed by atoms with Gasteiger partial charge in [-0.15, -0.1) is 0 Å². The summed E-state index contributed by atoms with van der Waals surface area (Å²) in [5.74, 6) is 0. The number of benzene rings is 1. The number of fused-ring (bicyclic) bond motifs is 1. The van der Waals surface area contributed by atoms with Crippen molar-refractivity contribution in [3.05, 3.63) is 59.8 Å². The maximum Gasteiger partial charge on any atom is 0.101 e. The van der Waals surface area contributed by atoms with Gasteiger partial charge in [0.1, 0.15) is 6.07 Å². The van der Waals surface area contributed by atoms with Gasteiger partial charge >= 0.3 is 0 Å². The average Bonchev–Trinajstić information content (AvgIpc) is 2.53. The third kappa shape index (κ3) is 2.02. The largest absolute Gasteiger partial charge is 0.255 e. The summed E-state index contributed by atoms with van der Waals surface area (Å²) in [6.07, 6.45) is 2.64. The Kier molecular flexibility index (Phi) is 3.14. The highest BCUT2D eigenvalue weighted by atomic mass is 14.8. The molecule has 3 heteroatoms. The van der Waals surface area contributed by atoms with Gasteiger partial charge in [0.05, 0.1) is 22.5 Å². The monoisotopic (exact) mass is 259 g/mol. The molecule has 0 fully saturated rings. The van der Waals surface area contributed by atoms with Gasteiger partial charge in [0.2, 0.25) is 0 Å². The molecule has 1 aromatic carbocycles. The second kappa shape index (κ2) is 5.10. The average molecular weight is 259 g/mol. The van der Waals surface area contributed by atoms with E-state index in [4.69, 9.17) is 4.98 Å². The Morgan fingerprint density at radius 3 is 2.75 bits per heavy atom. The summed E-state index contributed by atoms with van der Waals surface area (Å²) in [5.41, 5.74) is 4.20. The molecular weight excluding hydrogens is 246 g/mol. The van der Waals surface area contributed by atoms with Crippen LogP contribution in [-0.2, 0) is 6.42 Å². The first-order valence-electron chi connectivity index (χ1n) is 6.57. The quantitative estimate of drug-likeness (QED) is 0.704. The third-order valence-electron chi connectivity index (χ3n) is 3.33. The number of aryl methyl sites for hydroxylation is 1. The molecule has 0 atom stereocenters. The fourth-order valence-corrected chi connectivity index (χ4v) is 2.33. The first-order chi connectivity index (χ1) is 9.83. The van der Waals surface area contributed by atoms with Crippen molar-refractivity contribution in [2.75, 3.05) is 0 Å². The van der Waals surface area contributed by atoms with Gasteiger partial charge in [-0.1, -0.05) is 25.1 Å². The Bertz CT molecular complexity index is 802. The number of nitrogens with zero attached hydrogens (tertiary/aromatic N) is 3. The van der Waals surface area contributed by atoms with Gasteiger partial charge in [-0.05, 0) is 36.2 Å². The molecule has 2 aromatic heterocycles. The van der Waals surface area contributed by atoms with E-state index in [1.807, 2.05) is 30.3 Å². The van der Waals surface area contributed by atoms with Crippen molar-refractivity contribution < 1.29 is 0 Å². The van der Waals surface area contributed by atoms with Gasteiger partial charge in [-0.3, -0.25) is 4.98 Å². The summed E-state index contributed by atoms with van der Waals surface area (Å²) >= 11 is 0. The minimum absolute atomic E-state index is 0.599. The van der Waals surface area contributed by atoms with Crippen LogP contribution in [0.3, 0.4) is 0 Å². The summed E-state index contributed by atoms with van der Waals surface area (Å²) < 4.78 is 0. The Labute approximate surface area is 117 Å². The third-order valence-corrected chi connectivity index (χ3v) is 3.33. The lowest BCUT2D eigenvalue weighted by Gasteiger charge is -2.09. The zero-order valence-electron chi connectivity index (χ0n) is 11.2. The molecule has 0 saturated heterocycles. The van der Waals surface area contributed by atoms with Crippen molar-refractivity contribution in [1.29, 1.82) is 5.26 Å². The molecule has 3 rings (SSSR count). The number of para-hydroxylation sites is 1. The molecule has 20 heavy (non-hydrogen) atoms. The van der Waals surface area contributed by atoms with Gasteiger partial charge < -0.3 is 0 Å². The van der Waals surface area contributed by atoms with Gasteiger partial charge in [0.25, 0.3) is 0 Å². The molecule has 0 saturated carbocycles. The summed E-state index contributed by atoms with van der Waals surface area (Å²) in [7, 11) is 0. The van der Waals surface area contributed by atoms with E-state index in [-0.39, 0.29) is 0 Å². The first-order valence-corrected chi connectivity index (χ1v) is 6.57. The lowest BCUT2D eigenvalue weighted by atomic mass is 10.0. The van der Waals surface area contributed by atoms with Crippen molar-refractivity contribution in [1.82, 2.24) is 9.97 Å². The standard InChI is InChI=1S/C17H13N3/c1-2-12-10-13-6-5-7-14(11-18)16(13)20-17(12)15-8-3-4-9-19-15/h3-10H,2H2,1H3. The summed E-state index contributed by atoms with van der Waals surface area (Å²) in [6.45, 7) is 2.10. The molecule has 0 aliphatic heterocycles. The molecule has 3 nitrogen and oxygen atoms in total. The minimum Gasteiger partial charge on any atom is -0.255 e. The molecule has 0 N–H and O–H groups in total. The summed E-state index contributed by atoms with van der Waals surface area (Å²) in [6, 6.07) is 15.8. The molecule has 0 bridgehead atoms. The number of hydrogen-bond acceptors (Lipinski definition) is 3. The predicted octanol–water partition coefficient (Wildman–Crippen LogP) is 3.73. The van der Waals surface area contributed by atoms with Crippen LogP contribution < -0.4 is 0 Å². The van der Waals surface area contributed by atoms with E-state index in [0.29, 0.717) is 5.56 Å². The fraction of sp³-hybridized carbons (Fsp3) is 0.118. The molecule has 3 aromatic rings. The van der Waals surface area contributed by atoms with Gasteiger partial charge in [-0.25, -0.2) is 4.98 Å². The van der Waals surface area contributed by atoms with Crippen LogP contribution in [0.1, 0.15) is 18.1 Å². The minimum atomic E-state index is 0.599. The zero-order valence-corrected chi connectivity index (χ0v) is 11.2. The summed E-state index contributed by atoms with van der Waals surface area (Å²) in [5, 5.41) is 10.2. The number of rotatable bonds is 2. The van der Waals surface area contributed by atoms with Gasteiger partial charge in [-0.2, -0.15) is 5.26 Å². The second-order valence-corrected chi connectivity index (χ2v) is 4.55. The van der Waals surface area contributed by atoms with E-state index < -0.39 is 0 Å². The highest BCUT2D eigenvalue weighted by molar-refractivity contribution is 5.87. The molecule has 0 aliphatic carbocycles. The molecule has 0 unspecified atom stereocenters. The van der Waals surface area contributed by atoms with Crippen LogP contribution in [0.5, 0.6) is 0 Å². The zero-order chi connectivity index (χ0) is 13.9. The smallest absolute Gasteiger partial charge is 0.101 e. The normalized spacial score (nSPS) is 10.4. The van der Waals surface area contributed by atoms with E-state index in [9.17, 15) is 5.26 Å². The topological polar surface area (TPSA) is 49.6 Å². The van der Waals surface area contributed by atoms with Crippen molar-refractivity contribution in [3.63, 3.8) is 0 Å². The van der Waals surface area contributed by atoms with Crippen LogP contribution in [0.15, 0.2) is 48.7 Å². The van der Waals surface area contributed by atoms with Gasteiger partial charge in [0, 0.05) is 11.6 Å². The van der Waals surface area contributed by atoms with Crippen molar-refractivity contribution in [2.24, 2.45) is 0 Å². The fourth-order valence-electron chi connectivity index (χ4n) is 2.33. The maximum atomic E-state index is 9.22. The Hall–Kier alpha value is -2.73. The molecule has 96 valence electrons. The van der Waals surface area contributed by atoms with E-state index in [2.05, 4.69) is 24.0 Å². The molecule has 0 spiro atoms. The van der Waals surface area contributed by atoms with E-state index in [1.54, 1.807) is 12.3 Å². The summed E-state index contributed by atoms with van der Waals surface area (Å²) in [4.78, 5) is 9.08. The highest BCUT2D eigenvalue weighted by Crippen LogP contribution is 2.26. The lowest BCUT2D eigenvalue weighted by Crippen LogP contribution is -1.96. The first kappa shape index (κ1) is 12.3. The Morgan fingerprint density at radius 1 is 1.15 bits per heavy atom. The van der Waals surface area contributed by atoms with Crippen molar-refractivity contribution >= 4 is 10.9 Å². The SMILES string of the molecule is CCc1cc2cccc(C#N)c2nc1-c1ccccn1. The predicted molar refractivity (Wildman–Crippen MR) is 79.1 cm³/mol.